The molecular formula is C12H25N3S. The van der Waals surface area contributed by atoms with Gasteiger partial charge in [-0.2, -0.15) is 0 Å². The molecule has 0 bridgehead atoms. The molecule has 0 radical (unpaired) electrons. The van der Waals surface area contributed by atoms with Crippen molar-refractivity contribution in [3.8, 4) is 0 Å². The van der Waals surface area contributed by atoms with Gasteiger partial charge in [0.25, 0.3) is 0 Å². The number of likely N-dealkylation sites (tertiary alicyclic amines) is 1. The van der Waals surface area contributed by atoms with Gasteiger partial charge < -0.3 is 15.1 Å². The number of nitrogens with one attached hydrogen (secondary N) is 1. The summed E-state index contributed by atoms with van der Waals surface area (Å²) in [5, 5.41) is 4.31. The van der Waals surface area contributed by atoms with Gasteiger partial charge in [-0.15, -0.1) is 0 Å². The fourth-order valence-corrected chi connectivity index (χ4v) is 2.43. The molecule has 3 nitrogen and oxygen atoms in total. The Morgan fingerprint density at radius 3 is 2.75 bits per heavy atom. The molecule has 1 saturated heterocycles. The highest BCUT2D eigenvalue weighted by Crippen LogP contribution is 2.17. The van der Waals surface area contributed by atoms with Crippen molar-refractivity contribution in [2.45, 2.75) is 32.7 Å². The summed E-state index contributed by atoms with van der Waals surface area (Å²) in [6.07, 6.45) is 2.53. The summed E-state index contributed by atoms with van der Waals surface area (Å²) in [4.78, 5) is 4.60. The Bertz CT molecular complexity index is 228. The molecule has 0 amide bonds. The Balaban J connectivity index is 2.41. The van der Waals surface area contributed by atoms with E-state index in [2.05, 4.69) is 43.1 Å². The number of thiocarbonyl (C=S) groups is 1. The summed E-state index contributed by atoms with van der Waals surface area (Å²) in [7, 11) is 4.25. The van der Waals surface area contributed by atoms with Crippen molar-refractivity contribution in [2.75, 3.05) is 33.7 Å². The Hall–Kier alpha value is -0.350. The van der Waals surface area contributed by atoms with Crippen molar-refractivity contribution < 1.29 is 0 Å². The van der Waals surface area contributed by atoms with E-state index >= 15 is 0 Å². The predicted molar refractivity (Wildman–Crippen MR) is 73.7 cm³/mol. The third-order valence-corrected chi connectivity index (χ3v) is 3.25. The van der Waals surface area contributed by atoms with Gasteiger partial charge in [0, 0.05) is 25.7 Å². The average molecular weight is 243 g/mol. The molecule has 1 fully saturated rings. The van der Waals surface area contributed by atoms with Crippen molar-refractivity contribution in [3.63, 3.8) is 0 Å². The molecular weight excluding hydrogens is 218 g/mol. The first kappa shape index (κ1) is 13.7. The van der Waals surface area contributed by atoms with Gasteiger partial charge in [0.05, 0.1) is 0 Å². The summed E-state index contributed by atoms with van der Waals surface area (Å²) in [5.74, 6) is 0.646. The van der Waals surface area contributed by atoms with Crippen LogP contribution in [0.1, 0.15) is 26.7 Å². The lowest BCUT2D eigenvalue weighted by atomic mass is 10.2. The van der Waals surface area contributed by atoms with Gasteiger partial charge in [0.1, 0.15) is 0 Å². The SMILES string of the molecule is CC(C)CNC(=S)N1CCCC1CN(C)C. The van der Waals surface area contributed by atoms with E-state index < -0.39 is 0 Å². The molecule has 1 heterocycles. The highest BCUT2D eigenvalue weighted by Gasteiger charge is 2.26. The minimum absolute atomic E-state index is 0.599. The largest absolute Gasteiger partial charge is 0.362 e. The van der Waals surface area contributed by atoms with Crippen LogP contribution in [0.2, 0.25) is 0 Å². The van der Waals surface area contributed by atoms with Crippen LogP contribution >= 0.6 is 12.2 Å². The summed E-state index contributed by atoms with van der Waals surface area (Å²) in [6.45, 7) is 7.60. The lowest BCUT2D eigenvalue weighted by molar-refractivity contribution is 0.283. The zero-order valence-corrected chi connectivity index (χ0v) is 11.8. The molecule has 1 unspecified atom stereocenters. The zero-order chi connectivity index (χ0) is 12.1. The smallest absolute Gasteiger partial charge is 0.169 e. The van der Waals surface area contributed by atoms with E-state index in [0.29, 0.717) is 12.0 Å². The average Bonchev–Trinajstić information content (AvgIpc) is 2.61. The monoisotopic (exact) mass is 243 g/mol. The fourth-order valence-electron chi connectivity index (χ4n) is 2.11. The van der Waals surface area contributed by atoms with Crippen molar-refractivity contribution in [3.05, 3.63) is 0 Å². The van der Waals surface area contributed by atoms with E-state index in [0.717, 1.165) is 24.7 Å². The van der Waals surface area contributed by atoms with E-state index in [-0.39, 0.29) is 0 Å². The first-order valence-electron chi connectivity index (χ1n) is 6.20. The highest BCUT2D eigenvalue weighted by molar-refractivity contribution is 7.80. The third kappa shape index (κ3) is 4.26. The van der Waals surface area contributed by atoms with E-state index in [1.165, 1.54) is 12.8 Å². The molecule has 1 atom stereocenters. The van der Waals surface area contributed by atoms with Crippen LogP contribution in [0, 0.1) is 5.92 Å². The van der Waals surface area contributed by atoms with Crippen molar-refractivity contribution in [2.24, 2.45) is 5.92 Å². The van der Waals surface area contributed by atoms with Crippen LogP contribution in [-0.2, 0) is 0 Å². The summed E-state index contributed by atoms with van der Waals surface area (Å²) in [5.41, 5.74) is 0. The maximum absolute atomic E-state index is 5.46. The maximum atomic E-state index is 5.46. The molecule has 1 aliphatic heterocycles. The van der Waals surface area contributed by atoms with Crippen molar-refractivity contribution in [1.29, 1.82) is 0 Å². The first-order chi connectivity index (χ1) is 7.50. The Morgan fingerprint density at radius 2 is 2.19 bits per heavy atom. The lowest BCUT2D eigenvalue weighted by Gasteiger charge is -2.29. The second-order valence-electron chi connectivity index (χ2n) is 5.33. The predicted octanol–water partition coefficient (Wildman–Crippen LogP) is 1.54. The quantitative estimate of drug-likeness (QED) is 0.755. The van der Waals surface area contributed by atoms with Crippen LogP contribution < -0.4 is 5.32 Å². The van der Waals surface area contributed by atoms with Gasteiger partial charge in [0.15, 0.2) is 5.11 Å². The van der Waals surface area contributed by atoms with Gasteiger partial charge in [-0.25, -0.2) is 0 Å². The van der Waals surface area contributed by atoms with Crippen LogP contribution in [0.4, 0.5) is 0 Å². The van der Waals surface area contributed by atoms with E-state index in [1.807, 2.05) is 0 Å². The first-order valence-corrected chi connectivity index (χ1v) is 6.60. The summed E-state index contributed by atoms with van der Waals surface area (Å²) in [6, 6.07) is 0.599. The van der Waals surface area contributed by atoms with Crippen LogP contribution in [0.5, 0.6) is 0 Å². The number of rotatable bonds is 4. The fraction of sp³-hybridized carbons (Fsp3) is 0.917. The second-order valence-corrected chi connectivity index (χ2v) is 5.72. The molecule has 1 aliphatic rings. The number of likely N-dealkylation sites (N-methyl/N-ethyl adjacent to an activating group) is 1. The van der Waals surface area contributed by atoms with Gasteiger partial charge in [-0.3, -0.25) is 0 Å². The van der Waals surface area contributed by atoms with Crippen molar-refractivity contribution in [1.82, 2.24) is 15.1 Å². The Kier molecular flexibility index (Phi) is 5.49. The summed E-state index contributed by atoms with van der Waals surface area (Å²) >= 11 is 5.46. The van der Waals surface area contributed by atoms with E-state index in [4.69, 9.17) is 12.2 Å². The molecule has 0 aromatic heterocycles. The molecule has 0 spiro atoms. The van der Waals surface area contributed by atoms with Crippen LogP contribution in [-0.4, -0.2) is 54.7 Å². The van der Waals surface area contributed by atoms with E-state index in [9.17, 15) is 0 Å². The summed E-state index contributed by atoms with van der Waals surface area (Å²) < 4.78 is 0. The molecule has 0 aromatic rings. The normalized spacial score (nSPS) is 20.9. The highest BCUT2D eigenvalue weighted by atomic mass is 32.1. The standard InChI is InChI=1S/C12H25N3S/c1-10(2)8-13-12(16)15-7-5-6-11(15)9-14(3)4/h10-11H,5-9H2,1-4H3,(H,13,16). The zero-order valence-electron chi connectivity index (χ0n) is 11.0. The molecule has 1 rings (SSSR count). The van der Waals surface area contributed by atoms with Gasteiger partial charge in [0.2, 0.25) is 0 Å². The molecule has 0 aliphatic carbocycles. The van der Waals surface area contributed by atoms with Gasteiger partial charge >= 0.3 is 0 Å². The van der Waals surface area contributed by atoms with Gasteiger partial charge in [-0.05, 0) is 45.1 Å². The van der Waals surface area contributed by atoms with Crippen LogP contribution in [0.25, 0.3) is 0 Å². The molecule has 4 heteroatoms. The topological polar surface area (TPSA) is 18.5 Å². The second kappa shape index (κ2) is 6.40. The maximum Gasteiger partial charge on any atom is 0.169 e. The van der Waals surface area contributed by atoms with Gasteiger partial charge in [-0.1, -0.05) is 13.8 Å². The number of hydrogen-bond acceptors (Lipinski definition) is 2. The molecule has 94 valence electrons. The Labute approximate surface area is 105 Å². The third-order valence-electron chi connectivity index (χ3n) is 2.88. The minimum atomic E-state index is 0.599. The minimum Gasteiger partial charge on any atom is -0.362 e. The van der Waals surface area contributed by atoms with Crippen LogP contribution in [0.15, 0.2) is 0 Å². The Morgan fingerprint density at radius 1 is 1.50 bits per heavy atom. The molecule has 1 N–H and O–H groups in total. The lowest BCUT2D eigenvalue weighted by Crippen LogP contribution is -2.46. The molecule has 0 saturated carbocycles. The van der Waals surface area contributed by atoms with Crippen molar-refractivity contribution >= 4 is 17.3 Å². The molecule has 16 heavy (non-hydrogen) atoms. The molecule has 0 aromatic carbocycles. The number of nitrogens with zero attached hydrogens (tertiary/aromatic N) is 2. The van der Waals surface area contributed by atoms with Crippen LogP contribution in [0.3, 0.4) is 0 Å². The van der Waals surface area contributed by atoms with E-state index in [1.54, 1.807) is 0 Å². The number of hydrogen-bond donors (Lipinski definition) is 1.